The van der Waals surface area contributed by atoms with Gasteiger partial charge in [0.1, 0.15) is 6.04 Å². The molecule has 2 rings (SSSR count). The Hall–Kier alpha value is -2.04. The Bertz CT molecular complexity index is 551. The minimum atomic E-state index is -4.72. The predicted molar refractivity (Wildman–Crippen MR) is 82.3 cm³/mol. The summed E-state index contributed by atoms with van der Waals surface area (Å²) in [7, 11) is 0. The smallest absolute Gasteiger partial charge is 0.394 e. The van der Waals surface area contributed by atoms with Crippen molar-refractivity contribution in [2.75, 3.05) is 39.4 Å². The monoisotopic (exact) mass is 381 g/mol. The number of hydrogen-bond donors (Lipinski definition) is 2. The van der Waals surface area contributed by atoms with Crippen LogP contribution in [0.1, 0.15) is 13.3 Å². The van der Waals surface area contributed by atoms with Crippen molar-refractivity contribution in [3.8, 4) is 0 Å². The molecular weight excluding hydrogens is 359 g/mol. The minimum Gasteiger partial charge on any atom is -0.481 e. The Kier molecular flexibility index (Phi) is 6.32. The van der Waals surface area contributed by atoms with Gasteiger partial charge in [-0.3, -0.25) is 9.59 Å². The molecule has 1 unspecified atom stereocenters. The fourth-order valence-corrected chi connectivity index (χ4v) is 3.13. The highest BCUT2D eigenvalue weighted by Gasteiger charge is 2.53. The van der Waals surface area contributed by atoms with Crippen LogP contribution in [0.5, 0.6) is 0 Å². The van der Waals surface area contributed by atoms with Gasteiger partial charge in [-0.2, -0.15) is 13.2 Å². The second-order valence-corrected chi connectivity index (χ2v) is 6.35. The summed E-state index contributed by atoms with van der Waals surface area (Å²) >= 11 is 0. The Morgan fingerprint density at radius 1 is 1.19 bits per heavy atom. The number of aliphatic carboxylic acids is 1. The van der Waals surface area contributed by atoms with Crippen molar-refractivity contribution in [2.24, 2.45) is 11.8 Å². The van der Waals surface area contributed by atoms with Crippen LogP contribution in [-0.4, -0.2) is 84.4 Å². The van der Waals surface area contributed by atoms with E-state index in [2.05, 4.69) is 5.32 Å². The molecule has 26 heavy (non-hydrogen) atoms. The normalized spacial score (nSPS) is 25.1. The van der Waals surface area contributed by atoms with Crippen LogP contribution >= 0.6 is 0 Å². The van der Waals surface area contributed by atoms with Crippen molar-refractivity contribution in [2.45, 2.75) is 25.6 Å². The first-order chi connectivity index (χ1) is 12.1. The molecule has 8 nitrogen and oxygen atoms in total. The number of carboxylic acid groups (broad SMARTS) is 1. The molecule has 0 aliphatic carbocycles. The lowest BCUT2D eigenvalue weighted by molar-refractivity contribution is -0.187. The summed E-state index contributed by atoms with van der Waals surface area (Å²) in [6.45, 7) is 1.91. The number of hydrogen-bond acceptors (Lipinski definition) is 4. The molecule has 0 spiro atoms. The molecule has 11 heteroatoms. The SMILES string of the molecule is CCC(NC(=O)N1C[C@@H](C(F)(F)F)[C@H](C(=O)O)C1)C(=O)N1CCOCC1. The van der Waals surface area contributed by atoms with Crippen molar-refractivity contribution < 1.29 is 37.4 Å². The molecule has 0 radical (unpaired) electrons. The lowest BCUT2D eigenvalue weighted by Crippen LogP contribution is -2.54. The fourth-order valence-electron chi connectivity index (χ4n) is 3.13. The molecule has 3 atom stereocenters. The van der Waals surface area contributed by atoms with Crippen LogP contribution < -0.4 is 5.32 Å². The molecule has 3 amide bonds. The Balaban J connectivity index is 2.01. The van der Waals surface area contributed by atoms with Crippen LogP contribution in [0.2, 0.25) is 0 Å². The summed E-state index contributed by atoms with van der Waals surface area (Å²) in [6.07, 6.45) is -4.45. The van der Waals surface area contributed by atoms with E-state index in [1.807, 2.05) is 0 Å². The second kappa shape index (κ2) is 8.11. The van der Waals surface area contributed by atoms with Crippen molar-refractivity contribution in [3.63, 3.8) is 0 Å². The molecule has 2 N–H and O–H groups in total. The van der Waals surface area contributed by atoms with Crippen LogP contribution in [0.15, 0.2) is 0 Å². The van der Waals surface area contributed by atoms with Gasteiger partial charge in [-0.25, -0.2) is 4.79 Å². The summed E-state index contributed by atoms with van der Waals surface area (Å²) in [4.78, 5) is 38.2. The van der Waals surface area contributed by atoms with E-state index >= 15 is 0 Å². The molecule has 0 bridgehead atoms. The van der Waals surface area contributed by atoms with Crippen LogP contribution in [0.3, 0.4) is 0 Å². The third-order valence-electron chi connectivity index (χ3n) is 4.67. The number of nitrogens with zero attached hydrogens (tertiary/aromatic N) is 2. The molecule has 2 fully saturated rings. The maximum atomic E-state index is 13.0. The summed E-state index contributed by atoms with van der Waals surface area (Å²) < 4.78 is 44.2. The number of urea groups is 1. The summed E-state index contributed by atoms with van der Waals surface area (Å²) in [6, 6.07) is -1.75. The molecule has 2 heterocycles. The van der Waals surface area contributed by atoms with Gasteiger partial charge in [0.2, 0.25) is 5.91 Å². The van der Waals surface area contributed by atoms with Gasteiger partial charge in [-0.15, -0.1) is 0 Å². The third-order valence-corrected chi connectivity index (χ3v) is 4.67. The van der Waals surface area contributed by atoms with Gasteiger partial charge in [0.15, 0.2) is 0 Å². The predicted octanol–water partition coefficient (Wildman–Crippen LogP) is 0.528. The average Bonchev–Trinajstić information content (AvgIpc) is 3.06. The van der Waals surface area contributed by atoms with E-state index in [0.717, 1.165) is 4.90 Å². The van der Waals surface area contributed by atoms with E-state index < -0.39 is 49.1 Å². The number of likely N-dealkylation sites (tertiary alicyclic amines) is 1. The molecule has 0 aromatic carbocycles. The van der Waals surface area contributed by atoms with Gasteiger partial charge in [0.25, 0.3) is 0 Å². The summed E-state index contributed by atoms with van der Waals surface area (Å²) in [5.74, 6) is -5.76. The third kappa shape index (κ3) is 4.57. The molecule has 2 aliphatic heterocycles. The summed E-state index contributed by atoms with van der Waals surface area (Å²) in [5, 5.41) is 11.4. The number of ether oxygens (including phenoxy) is 1. The Morgan fingerprint density at radius 2 is 1.81 bits per heavy atom. The van der Waals surface area contributed by atoms with Crippen LogP contribution in [0, 0.1) is 11.8 Å². The first-order valence-electron chi connectivity index (χ1n) is 8.36. The molecular formula is C15H22F3N3O5. The number of nitrogens with one attached hydrogen (secondary N) is 1. The van der Waals surface area contributed by atoms with Gasteiger partial charge in [-0.1, -0.05) is 6.92 Å². The van der Waals surface area contributed by atoms with E-state index in [9.17, 15) is 27.6 Å². The zero-order chi connectivity index (χ0) is 19.5. The summed E-state index contributed by atoms with van der Waals surface area (Å²) in [5.41, 5.74) is 0. The van der Waals surface area contributed by atoms with Gasteiger partial charge >= 0.3 is 18.2 Å². The minimum absolute atomic E-state index is 0.265. The highest BCUT2D eigenvalue weighted by molar-refractivity contribution is 5.87. The maximum absolute atomic E-state index is 13.0. The standard InChI is InChI=1S/C15H22F3N3O5/c1-2-11(12(22)20-3-5-26-6-4-20)19-14(25)21-7-9(13(23)24)10(8-21)15(16,17)18/h9-11H,2-8H2,1H3,(H,19,25)(H,23,24)/t9-,10-,11?/m1/s1. The van der Waals surface area contributed by atoms with Crippen LogP contribution in [0.4, 0.5) is 18.0 Å². The highest BCUT2D eigenvalue weighted by atomic mass is 19.4. The van der Waals surface area contributed by atoms with E-state index in [1.165, 1.54) is 4.90 Å². The number of carbonyl (C=O) groups excluding carboxylic acids is 2. The molecule has 0 aromatic heterocycles. The number of halogens is 3. The number of carboxylic acids is 1. The lowest BCUT2D eigenvalue weighted by atomic mass is 9.96. The van der Waals surface area contributed by atoms with E-state index in [4.69, 9.17) is 9.84 Å². The number of amides is 3. The average molecular weight is 381 g/mol. The van der Waals surface area contributed by atoms with Crippen molar-refractivity contribution in [1.29, 1.82) is 0 Å². The second-order valence-electron chi connectivity index (χ2n) is 6.35. The number of morpholine rings is 1. The zero-order valence-electron chi connectivity index (χ0n) is 14.3. The zero-order valence-corrected chi connectivity index (χ0v) is 14.3. The Labute approximate surface area is 148 Å². The largest absolute Gasteiger partial charge is 0.481 e. The van der Waals surface area contributed by atoms with Gasteiger partial charge < -0.3 is 25.0 Å². The number of rotatable bonds is 4. The number of alkyl halides is 3. The maximum Gasteiger partial charge on any atom is 0.394 e. The lowest BCUT2D eigenvalue weighted by Gasteiger charge is -2.31. The molecule has 148 valence electrons. The van der Waals surface area contributed by atoms with Gasteiger partial charge in [-0.05, 0) is 6.42 Å². The first kappa shape index (κ1) is 20.3. The number of carbonyl (C=O) groups is 3. The molecule has 2 saturated heterocycles. The molecule has 0 aromatic rings. The molecule has 0 saturated carbocycles. The van der Waals surface area contributed by atoms with Gasteiger partial charge in [0.05, 0.1) is 25.0 Å². The topological polar surface area (TPSA) is 99.2 Å². The highest BCUT2D eigenvalue weighted by Crippen LogP contribution is 2.37. The van der Waals surface area contributed by atoms with Crippen LogP contribution in [0.25, 0.3) is 0 Å². The van der Waals surface area contributed by atoms with Crippen molar-refractivity contribution >= 4 is 17.9 Å². The quantitative estimate of drug-likeness (QED) is 0.740. The first-order valence-corrected chi connectivity index (χ1v) is 8.36. The Morgan fingerprint density at radius 3 is 2.27 bits per heavy atom. The van der Waals surface area contributed by atoms with Gasteiger partial charge in [0, 0.05) is 26.2 Å². The van der Waals surface area contributed by atoms with Crippen LogP contribution in [-0.2, 0) is 14.3 Å². The van der Waals surface area contributed by atoms with Crippen molar-refractivity contribution in [3.05, 3.63) is 0 Å². The van der Waals surface area contributed by atoms with Crippen molar-refractivity contribution in [1.82, 2.24) is 15.1 Å². The van der Waals surface area contributed by atoms with E-state index in [0.29, 0.717) is 26.3 Å². The fraction of sp³-hybridized carbons (Fsp3) is 0.800. The van der Waals surface area contributed by atoms with E-state index in [-0.39, 0.29) is 12.3 Å². The van der Waals surface area contributed by atoms with E-state index in [1.54, 1.807) is 6.92 Å². The molecule has 2 aliphatic rings.